The number of carbonyl (C=O) groups is 4. The molecule has 0 bridgehead atoms. The molecular weight excluding hydrogens is 618 g/mol. The van der Waals surface area contributed by atoms with E-state index in [2.05, 4.69) is 25.2 Å². The molecule has 3 N–H and O–H groups in total. The van der Waals surface area contributed by atoms with E-state index in [0.29, 0.717) is 43.7 Å². The molecule has 2 aliphatic heterocycles. The molecule has 246 valence electrons. The minimum absolute atomic E-state index is 0.0191. The van der Waals surface area contributed by atoms with Crippen LogP contribution in [0.3, 0.4) is 0 Å². The van der Waals surface area contributed by atoms with Crippen molar-refractivity contribution < 1.29 is 55.7 Å². The van der Waals surface area contributed by atoms with Crippen LogP contribution < -0.4 is 10.2 Å². The number of alkyl halides is 6. The smallest absolute Gasteiger partial charge is 0.475 e. The van der Waals surface area contributed by atoms with Gasteiger partial charge < -0.3 is 25.3 Å². The molecule has 0 unspecified atom stereocenters. The van der Waals surface area contributed by atoms with Crippen LogP contribution in [0.15, 0.2) is 42.9 Å². The summed E-state index contributed by atoms with van der Waals surface area (Å²) in [6.45, 7) is 3.18. The van der Waals surface area contributed by atoms with E-state index in [1.165, 1.54) is 12.8 Å². The van der Waals surface area contributed by atoms with Crippen molar-refractivity contribution >= 4 is 29.7 Å². The number of fused-ring (bicyclic) bond motifs is 1. The number of aromatic nitrogens is 3. The number of nitrogens with zero attached hydrogens (tertiary/aromatic N) is 5. The zero-order chi connectivity index (χ0) is 33.4. The van der Waals surface area contributed by atoms with Crippen molar-refractivity contribution in [2.75, 3.05) is 37.6 Å². The lowest BCUT2D eigenvalue weighted by Gasteiger charge is -2.32. The number of carboxylic acid groups (broad SMARTS) is 2. The van der Waals surface area contributed by atoms with Crippen molar-refractivity contribution in [3.05, 3.63) is 48.5 Å². The average molecular weight is 649 g/mol. The fourth-order valence-corrected chi connectivity index (χ4v) is 4.98. The third-order valence-electron chi connectivity index (χ3n) is 7.38. The van der Waals surface area contributed by atoms with Gasteiger partial charge in [-0.15, -0.1) is 0 Å². The number of amides is 2. The first-order valence-electron chi connectivity index (χ1n) is 13.7. The second kappa shape index (κ2) is 14.5. The van der Waals surface area contributed by atoms with E-state index in [-0.39, 0.29) is 17.7 Å². The fourth-order valence-electron chi connectivity index (χ4n) is 4.98. The number of halogens is 6. The zero-order valence-electron chi connectivity index (χ0n) is 23.6. The van der Waals surface area contributed by atoms with Crippen LogP contribution in [0, 0.1) is 17.3 Å². The van der Waals surface area contributed by atoms with Crippen molar-refractivity contribution in [3.63, 3.8) is 0 Å². The van der Waals surface area contributed by atoms with E-state index < -0.39 is 29.7 Å². The van der Waals surface area contributed by atoms with Gasteiger partial charge in [0.25, 0.3) is 5.91 Å². The highest BCUT2D eigenvalue weighted by molar-refractivity contribution is 5.92. The molecule has 5 rings (SSSR count). The van der Waals surface area contributed by atoms with Crippen molar-refractivity contribution in [2.45, 2.75) is 38.0 Å². The van der Waals surface area contributed by atoms with Gasteiger partial charge >= 0.3 is 24.3 Å². The largest absolute Gasteiger partial charge is 0.490 e. The number of hydrogen-bond acceptors (Lipinski definition) is 8. The van der Waals surface area contributed by atoms with Crippen molar-refractivity contribution in [1.29, 1.82) is 0 Å². The number of likely N-dealkylation sites (tertiary alicyclic amines) is 1. The molecule has 0 aromatic carbocycles. The van der Waals surface area contributed by atoms with Gasteiger partial charge in [-0.25, -0.2) is 19.6 Å². The van der Waals surface area contributed by atoms with Gasteiger partial charge in [-0.2, -0.15) is 26.3 Å². The zero-order valence-corrected chi connectivity index (χ0v) is 23.6. The lowest BCUT2D eigenvalue weighted by Crippen LogP contribution is -2.48. The molecule has 4 heterocycles. The summed E-state index contributed by atoms with van der Waals surface area (Å²) in [7, 11) is 0. The Hall–Kier alpha value is -4.51. The third-order valence-corrected chi connectivity index (χ3v) is 7.38. The predicted molar refractivity (Wildman–Crippen MR) is 143 cm³/mol. The van der Waals surface area contributed by atoms with Crippen LogP contribution in [0.1, 0.15) is 36.2 Å². The molecule has 12 nitrogen and oxygen atoms in total. The molecule has 2 aromatic heterocycles. The summed E-state index contributed by atoms with van der Waals surface area (Å²) in [5.41, 5.74) is -0.0813. The lowest BCUT2D eigenvalue weighted by molar-refractivity contribution is -0.193. The van der Waals surface area contributed by atoms with E-state index in [9.17, 15) is 35.9 Å². The first-order valence-corrected chi connectivity index (χ1v) is 13.7. The van der Waals surface area contributed by atoms with Crippen LogP contribution in [0.5, 0.6) is 0 Å². The highest BCUT2D eigenvalue weighted by atomic mass is 19.4. The van der Waals surface area contributed by atoms with Crippen LogP contribution in [0.25, 0.3) is 0 Å². The molecule has 2 atom stereocenters. The Kier molecular flexibility index (Phi) is 11.3. The Morgan fingerprint density at radius 2 is 1.47 bits per heavy atom. The number of carboxylic acids is 2. The number of aliphatic carboxylic acids is 2. The van der Waals surface area contributed by atoms with Crippen molar-refractivity contribution in [3.8, 4) is 0 Å². The molecule has 1 saturated carbocycles. The Bertz CT molecular complexity index is 1310. The molecule has 0 spiro atoms. The van der Waals surface area contributed by atoms with Crippen LogP contribution in [-0.4, -0.2) is 98.9 Å². The third kappa shape index (κ3) is 9.74. The normalized spacial score (nSPS) is 21.2. The molecular formula is C27H30F6N6O6. The number of rotatable bonds is 5. The molecule has 3 aliphatic rings. The van der Waals surface area contributed by atoms with Gasteiger partial charge in [0.15, 0.2) is 0 Å². The molecule has 2 saturated heterocycles. The SMILES string of the molecule is O=C(O)C(F)(F)F.O=C(O)C(F)(F)F.O=C(c1ccccn1)N1CCC[C@]2(C(=O)NCC3CC3)CN(c3ncccn3)C[C@@H]2C1. The van der Waals surface area contributed by atoms with E-state index in [1.807, 2.05) is 17.0 Å². The van der Waals surface area contributed by atoms with E-state index in [4.69, 9.17) is 19.8 Å². The van der Waals surface area contributed by atoms with E-state index in [0.717, 1.165) is 19.4 Å². The second-order valence-electron chi connectivity index (χ2n) is 10.6. The molecule has 2 aromatic rings. The monoisotopic (exact) mass is 648 g/mol. The first kappa shape index (κ1) is 35.0. The maximum atomic E-state index is 13.5. The summed E-state index contributed by atoms with van der Waals surface area (Å²) >= 11 is 0. The first-order chi connectivity index (χ1) is 21.0. The van der Waals surface area contributed by atoms with Gasteiger partial charge in [0.05, 0.1) is 5.41 Å². The van der Waals surface area contributed by atoms with Crippen molar-refractivity contribution in [2.24, 2.45) is 17.3 Å². The number of nitrogens with one attached hydrogen (secondary N) is 1. The Balaban J connectivity index is 0.000000331. The van der Waals surface area contributed by atoms with Crippen LogP contribution in [0.4, 0.5) is 32.3 Å². The quantitative estimate of drug-likeness (QED) is 0.411. The topological polar surface area (TPSA) is 166 Å². The standard InChI is InChI=1S/C23H28N6O2.2C2HF3O2/c30-20(19-5-1-2-9-24-19)28-12-3-8-23(21(31)27-13-17-6-7-17)16-29(15-18(23)14-28)22-25-10-4-11-26-22;2*3-2(4,5)1(6)7/h1-2,4-5,9-11,17-18H,3,6-8,12-16H2,(H,27,31);2*(H,6,7)/t18-,23-;;/m0../s1. The number of pyridine rings is 1. The van der Waals surface area contributed by atoms with Crippen LogP contribution in [-0.2, 0) is 14.4 Å². The second-order valence-corrected chi connectivity index (χ2v) is 10.6. The minimum atomic E-state index is -5.08. The highest BCUT2D eigenvalue weighted by Crippen LogP contribution is 2.44. The number of carbonyl (C=O) groups excluding carboxylic acids is 2. The molecule has 18 heteroatoms. The summed E-state index contributed by atoms with van der Waals surface area (Å²) in [5, 5.41) is 17.5. The fraction of sp³-hybridized carbons (Fsp3) is 0.519. The predicted octanol–water partition coefficient (Wildman–Crippen LogP) is 3.02. The lowest BCUT2D eigenvalue weighted by atomic mass is 9.74. The minimum Gasteiger partial charge on any atom is -0.475 e. The van der Waals surface area contributed by atoms with Gasteiger partial charge in [0.1, 0.15) is 5.69 Å². The molecule has 3 fully saturated rings. The average Bonchev–Trinajstić information content (AvgIpc) is 3.78. The highest BCUT2D eigenvalue weighted by Gasteiger charge is 2.54. The summed E-state index contributed by atoms with van der Waals surface area (Å²) in [6, 6.07) is 7.19. The molecule has 1 aliphatic carbocycles. The molecule has 0 radical (unpaired) electrons. The van der Waals surface area contributed by atoms with Crippen LogP contribution >= 0.6 is 0 Å². The van der Waals surface area contributed by atoms with E-state index in [1.54, 1.807) is 30.7 Å². The maximum absolute atomic E-state index is 13.5. The van der Waals surface area contributed by atoms with Gasteiger partial charge in [-0.05, 0) is 49.8 Å². The summed E-state index contributed by atoms with van der Waals surface area (Å²) in [6.07, 6.45) is -1.12. The Morgan fingerprint density at radius 1 is 0.889 bits per heavy atom. The number of hydrogen-bond donors (Lipinski definition) is 3. The van der Waals surface area contributed by atoms with Crippen molar-refractivity contribution in [1.82, 2.24) is 25.2 Å². The van der Waals surface area contributed by atoms with Gasteiger partial charge in [0, 0.05) is 57.2 Å². The summed E-state index contributed by atoms with van der Waals surface area (Å²) in [5.74, 6) is -4.17. The summed E-state index contributed by atoms with van der Waals surface area (Å²) in [4.78, 5) is 61.5. The van der Waals surface area contributed by atoms with Gasteiger partial charge in [0.2, 0.25) is 11.9 Å². The van der Waals surface area contributed by atoms with Crippen LogP contribution in [0.2, 0.25) is 0 Å². The van der Waals surface area contributed by atoms with Gasteiger partial charge in [-0.1, -0.05) is 6.07 Å². The molecule has 2 amide bonds. The number of anilines is 1. The Labute approximate surface area is 252 Å². The van der Waals surface area contributed by atoms with E-state index >= 15 is 0 Å². The summed E-state index contributed by atoms with van der Waals surface area (Å²) < 4.78 is 63.5. The van der Waals surface area contributed by atoms with Gasteiger partial charge in [-0.3, -0.25) is 14.6 Å². The molecule has 45 heavy (non-hydrogen) atoms. The maximum Gasteiger partial charge on any atom is 0.490 e. The Morgan fingerprint density at radius 3 is 1.98 bits per heavy atom.